The number of rotatable bonds is 4. The van der Waals surface area contributed by atoms with E-state index in [1.165, 1.54) is 23.6 Å². The highest BCUT2D eigenvalue weighted by molar-refractivity contribution is 7.09. The fourth-order valence-corrected chi connectivity index (χ4v) is 2.11. The van der Waals surface area contributed by atoms with Gasteiger partial charge in [0, 0.05) is 18.0 Å². The highest BCUT2D eigenvalue weighted by Gasteiger charge is 2.13. The van der Waals surface area contributed by atoms with Gasteiger partial charge in [0.05, 0.1) is 5.01 Å². The van der Waals surface area contributed by atoms with E-state index in [0.717, 1.165) is 5.01 Å². The Hall–Kier alpha value is -1.99. The molecule has 0 aliphatic carbocycles. The molecule has 0 bridgehead atoms. The number of nitrogens with two attached hydrogens (primary N) is 1. The Labute approximate surface area is 108 Å². The van der Waals surface area contributed by atoms with E-state index in [1.54, 1.807) is 11.4 Å². The van der Waals surface area contributed by atoms with Crippen LogP contribution in [-0.4, -0.2) is 27.5 Å². The van der Waals surface area contributed by atoms with E-state index >= 15 is 0 Å². The number of aromatic hydroxyl groups is 1. The Morgan fingerprint density at radius 2 is 2.39 bits per heavy atom. The van der Waals surface area contributed by atoms with Crippen LogP contribution in [0.3, 0.4) is 0 Å². The lowest BCUT2D eigenvalue weighted by atomic mass is 10.4. The van der Waals surface area contributed by atoms with Crippen molar-refractivity contribution in [3.8, 4) is 5.75 Å². The van der Waals surface area contributed by atoms with Gasteiger partial charge in [0.2, 0.25) is 0 Å². The Balaban J connectivity index is 2.10. The van der Waals surface area contributed by atoms with Crippen molar-refractivity contribution in [1.82, 2.24) is 9.97 Å². The third kappa shape index (κ3) is 2.82. The normalized spacial score (nSPS) is 10.3. The minimum Gasteiger partial charge on any atom is -0.504 e. The van der Waals surface area contributed by atoms with Crippen LogP contribution in [0.2, 0.25) is 0 Å². The molecular formula is C11H12N4O2S. The minimum atomic E-state index is -0.400. The second kappa shape index (κ2) is 5.56. The molecule has 0 aliphatic heterocycles. The van der Waals surface area contributed by atoms with E-state index in [2.05, 4.69) is 15.3 Å². The lowest BCUT2D eigenvalue weighted by molar-refractivity contribution is 0.102. The van der Waals surface area contributed by atoms with Crippen LogP contribution >= 0.6 is 11.3 Å². The maximum absolute atomic E-state index is 11.8. The summed E-state index contributed by atoms with van der Waals surface area (Å²) >= 11 is 1.38. The first kappa shape index (κ1) is 12.5. The van der Waals surface area contributed by atoms with Crippen LogP contribution in [0.5, 0.6) is 5.75 Å². The highest BCUT2D eigenvalue weighted by Crippen LogP contribution is 2.19. The molecule has 0 saturated carbocycles. The number of nitrogens with one attached hydrogen (secondary N) is 1. The number of hydrogen-bond donors (Lipinski definition) is 3. The number of hydrogen-bond acceptors (Lipinski definition) is 6. The van der Waals surface area contributed by atoms with Crippen LogP contribution in [0, 0.1) is 0 Å². The molecule has 2 aromatic heterocycles. The smallest absolute Gasteiger partial charge is 0.276 e. The second-order valence-electron chi connectivity index (χ2n) is 3.49. The van der Waals surface area contributed by atoms with Crippen LogP contribution in [0.1, 0.15) is 15.5 Å². The summed E-state index contributed by atoms with van der Waals surface area (Å²) in [5.74, 6) is -0.359. The molecule has 0 unspecified atom stereocenters. The van der Waals surface area contributed by atoms with Gasteiger partial charge in [-0.15, -0.1) is 11.3 Å². The van der Waals surface area contributed by atoms with Gasteiger partial charge in [-0.1, -0.05) is 0 Å². The van der Waals surface area contributed by atoms with Gasteiger partial charge >= 0.3 is 0 Å². The average Bonchev–Trinajstić information content (AvgIpc) is 2.81. The van der Waals surface area contributed by atoms with E-state index in [4.69, 9.17) is 5.73 Å². The van der Waals surface area contributed by atoms with Crippen molar-refractivity contribution >= 4 is 23.1 Å². The van der Waals surface area contributed by atoms with Gasteiger partial charge in [-0.25, -0.2) is 9.97 Å². The largest absolute Gasteiger partial charge is 0.504 e. The molecule has 7 heteroatoms. The molecule has 6 nitrogen and oxygen atoms in total. The lowest BCUT2D eigenvalue weighted by Crippen LogP contribution is -2.13. The van der Waals surface area contributed by atoms with E-state index in [0.29, 0.717) is 18.7 Å². The van der Waals surface area contributed by atoms with Crippen LogP contribution in [0.4, 0.5) is 5.82 Å². The number of anilines is 1. The van der Waals surface area contributed by atoms with Crippen LogP contribution in [-0.2, 0) is 6.42 Å². The summed E-state index contributed by atoms with van der Waals surface area (Å²) in [7, 11) is 0. The molecule has 0 radical (unpaired) electrons. The SMILES string of the molecule is NCCc1nc(C(=O)Nc2ncccc2O)cs1. The van der Waals surface area contributed by atoms with Crippen LogP contribution in [0.25, 0.3) is 0 Å². The van der Waals surface area contributed by atoms with E-state index in [9.17, 15) is 9.90 Å². The van der Waals surface area contributed by atoms with Crippen molar-refractivity contribution < 1.29 is 9.90 Å². The summed E-state index contributed by atoms with van der Waals surface area (Å²) in [6, 6.07) is 3.02. The molecule has 2 aromatic rings. The quantitative estimate of drug-likeness (QED) is 0.764. The molecule has 0 saturated heterocycles. The predicted molar refractivity (Wildman–Crippen MR) is 68.7 cm³/mol. The second-order valence-corrected chi connectivity index (χ2v) is 4.43. The van der Waals surface area contributed by atoms with Gasteiger partial charge in [-0.3, -0.25) is 4.79 Å². The molecule has 0 aromatic carbocycles. The van der Waals surface area contributed by atoms with Gasteiger partial charge < -0.3 is 16.2 Å². The first-order valence-corrected chi connectivity index (χ1v) is 6.18. The molecule has 0 atom stereocenters. The summed E-state index contributed by atoms with van der Waals surface area (Å²) < 4.78 is 0. The third-order valence-electron chi connectivity index (χ3n) is 2.16. The molecule has 0 fully saturated rings. The van der Waals surface area contributed by atoms with Gasteiger partial charge in [-0.2, -0.15) is 0 Å². The Morgan fingerprint density at radius 3 is 3.11 bits per heavy atom. The van der Waals surface area contributed by atoms with Crippen molar-refractivity contribution in [2.24, 2.45) is 5.73 Å². The third-order valence-corrected chi connectivity index (χ3v) is 3.07. The fourth-order valence-electron chi connectivity index (χ4n) is 1.32. The van der Waals surface area contributed by atoms with Crippen molar-refractivity contribution in [2.75, 3.05) is 11.9 Å². The number of carbonyl (C=O) groups is 1. The molecule has 2 rings (SSSR count). The number of aromatic nitrogens is 2. The molecule has 2 heterocycles. The standard InChI is InChI=1S/C11H12N4O2S/c12-4-3-9-14-7(6-18-9)11(17)15-10-8(16)2-1-5-13-10/h1-2,5-6,16H,3-4,12H2,(H,13,15,17). The van der Waals surface area contributed by atoms with Crippen LogP contribution in [0.15, 0.2) is 23.7 Å². The van der Waals surface area contributed by atoms with E-state index in [-0.39, 0.29) is 11.6 Å². The minimum absolute atomic E-state index is 0.0803. The maximum Gasteiger partial charge on any atom is 0.276 e. The molecule has 94 valence electrons. The Bertz CT molecular complexity index is 555. The van der Waals surface area contributed by atoms with Crippen molar-refractivity contribution in [2.45, 2.75) is 6.42 Å². The van der Waals surface area contributed by atoms with E-state index in [1.807, 2.05) is 0 Å². The van der Waals surface area contributed by atoms with Gasteiger partial charge in [0.15, 0.2) is 11.6 Å². The number of pyridine rings is 1. The van der Waals surface area contributed by atoms with Gasteiger partial charge in [-0.05, 0) is 18.7 Å². The molecule has 0 aliphatic rings. The zero-order chi connectivity index (χ0) is 13.0. The Kier molecular flexibility index (Phi) is 3.85. The first-order valence-electron chi connectivity index (χ1n) is 5.30. The molecular weight excluding hydrogens is 252 g/mol. The van der Waals surface area contributed by atoms with Crippen molar-refractivity contribution in [3.63, 3.8) is 0 Å². The summed E-state index contributed by atoms with van der Waals surface area (Å²) in [6.07, 6.45) is 2.13. The van der Waals surface area contributed by atoms with E-state index < -0.39 is 5.91 Å². The Morgan fingerprint density at radius 1 is 1.56 bits per heavy atom. The monoisotopic (exact) mass is 264 g/mol. The molecule has 1 amide bonds. The molecule has 0 spiro atoms. The zero-order valence-electron chi connectivity index (χ0n) is 9.46. The lowest BCUT2D eigenvalue weighted by Gasteiger charge is -2.03. The summed E-state index contributed by atoms with van der Waals surface area (Å²) in [5.41, 5.74) is 5.71. The average molecular weight is 264 g/mol. The van der Waals surface area contributed by atoms with Gasteiger partial charge in [0.1, 0.15) is 5.69 Å². The highest BCUT2D eigenvalue weighted by atomic mass is 32.1. The first-order chi connectivity index (χ1) is 8.70. The fraction of sp³-hybridized carbons (Fsp3) is 0.182. The zero-order valence-corrected chi connectivity index (χ0v) is 10.3. The molecule has 18 heavy (non-hydrogen) atoms. The maximum atomic E-state index is 11.8. The number of amides is 1. The van der Waals surface area contributed by atoms with Gasteiger partial charge in [0.25, 0.3) is 5.91 Å². The van der Waals surface area contributed by atoms with Crippen LogP contribution < -0.4 is 11.1 Å². The van der Waals surface area contributed by atoms with Crippen molar-refractivity contribution in [3.05, 3.63) is 34.4 Å². The molecule has 4 N–H and O–H groups in total. The summed E-state index contributed by atoms with van der Waals surface area (Å²) in [5, 5.41) is 14.4. The van der Waals surface area contributed by atoms with Crippen molar-refractivity contribution in [1.29, 1.82) is 0 Å². The summed E-state index contributed by atoms with van der Waals surface area (Å²) in [6.45, 7) is 0.496. The predicted octanol–water partition coefficient (Wildman–Crippen LogP) is 0.997. The number of thiazole rings is 1. The topological polar surface area (TPSA) is 101 Å². The number of nitrogens with zero attached hydrogens (tertiary/aromatic N) is 2. The summed E-state index contributed by atoms with van der Waals surface area (Å²) in [4.78, 5) is 19.8. The number of carbonyl (C=O) groups excluding carboxylic acids is 1.